The smallest absolute Gasteiger partial charge is 0.329 e. The normalized spacial score (nSPS) is 9.89. The Bertz CT molecular complexity index is 449. The summed E-state index contributed by atoms with van der Waals surface area (Å²) in [6, 6.07) is 3.62. The van der Waals surface area contributed by atoms with Crippen molar-refractivity contribution in [2.24, 2.45) is 0 Å². The van der Waals surface area contributed by atoms with Crippen LogP contribution in [0.2, 0.25) is 0 Å². The molecule has 0 spiro atoms. The average molecular weight is 257 g/mol. The van der Waals surface area contributed by atoms with E-state index in [1.165, 1.54) is 13.2 Å². The molecule has 2 N–H and O–H groups in total. The maximum Gasteiger partial charge on any atom is 0.329 e. The van der Waals surface area contributed by atoms with Crippen LogP contribution in [0.25, 0.3) is 0 Å². The van der Waals surface area contributed by atoms with Gasteiger partial charge in [0.2, 0.25) is 5.91 Å². The van der Waals surface area contributed by atoms with Crippen molar-refractivity contribution < 1.29 is 28.6 Å². The number of carbonyl (C=O) groups is 2. The maximum atomic E-state index is 12.9. The minimum Gasteiger partial charge on any atom is -0.494 e. The number of hydrogen-bond acceptors (Lipinski definition) is 4. The van der Waals surface area contributed by atoms with Crippen LogP contribution in [-0.4, -0.2) is 37.3 Å². The molecular weight excluding hydrogens is 245 g/mol. The van der Waals surface area contributed by atoms with Gasteiger partial charge in [0, 0.05) is 6.07 Å². The van der Waals surface area contributed by atoms with E-state index in [0.717, 1.165) is 12.1 Å². The molecule has 1 aromatic carbocycles. The zero-order valence-corrected chi connectivity index (χ0v) is 9.60. The van der Waals surface area contributed by atoms with Crippen molar-refractivity contribution in [1.29, 1.82) is 0 Å². The lowest BCUT2D eigenvalue weighted by Crippen LogP contribution is -2.21. The van der Waals surface area contributed by atoms with Gasteiger partial charge in [-0.3, -0.25) is 4.79 Å². The number of anilines is 1. The second-order valence-electron chi connectivity index (χ2n) is 3.28. The second kappa shape index (κ2) is 6.55. The number of halogens is 1. The van der Waals surface area contributed by atoms with Crippen molar-refractivity contribution in [3.05, 3.63) is 24.0 Å². The number of ether oxygens (including phenoxy) is 2. The van der Waals surface area contributed by atoms with Crippen molar-refractivity contribution in [2.75, 3.05) is 25.6 Å². The number of rotatable bonds is 6. The first-order valence-corrected chi connectivity index (χ1v) is 4.96. The summed E-state index contributed by atoms with van der Waals surface area (Å²) in [4.78, 5) is 21.5. The first kappa shape index (κ1) is 13.9. The monoisotopic (exact) mass is 257 g/mol. The topological polar surface area (TPSA) is 84.9 Å². The van der Waals surface area contributed by atoms with E-state index in [1.807, 2.05) is 0 Å². The highest BCUT2D eigenvalue weighted by molar-refractivity contribution is 5.93. The summed E-state index contributed by atoms with van der Waals surface area (Å²) in [5.74, 6) is -2.04. The average Bonchev–Trinajstić information content (AvgIpc) is 2.31. The molecule has 0 fully saturated rings. The van der Waals surface area contributed by atoms with E-state index in [1.54, 1.807) is 0 Å². The third kappa shape index (κ3) is 4.38. The number of carboxylic acids is 1. The lowest BCUT2D eigenvalue weighted by atomic mass is 10.3. The van der Waals surface area contributed by atoms with Crippen LogP contribution < -0.4 is 10.1 Å². The van der Waals surface area contributed by atoms with Gasteiger partial charge >= 0.3 is 5.97 Å². The molecule has 0 aliphatic carbocycles. The van der Waals surface area contributed by atoms with Crippen LogP contribution in [0, 0.1) is 5.82 Å². The predicted octanol–water partition coefficient (Wildman–Crippen LogP) is 0.874. The van der Waals surface area contributed by atoms with Crippen LogP contribution in [0.5, 0.6) is 5.75 Å². The standard InChI is InChI=1S/C11H12FNO5/c1-17-9-4-7(12)2-3-8(9)13-10(14)5-18-6-11(15)16/h2-4H,5-6H2,1H3,(H,13,14)(H,15,16). The number of carbonyl (C=O) groups excluding carboxylic acids is 1. The first-order valence-electron chi connectivity index (χ1n) is 4.96. The van der Waals surface area contributed by atoms with Gasteiger partial charge in [-0.2, -0.15) is 0 Å². The Labute approximate surface area is 102 Å². The molecule has 1 amide bonds. The van der Waals surface area contributed by atoms with Crippen LogP contribution >= 0.6 is 0 Å². The first-order chi connectivity index (χ1) is 8.52. The summed E-state index contributed by atoms with van der Waals surface area (Å²) < 4.78 is 22.4. The number of amides is 1. The molecule has 0 atom stereocenters. The van der Waals surface area contributed by atoms with Gasteiger partial charge in [0.25, 0.3) is 0 Å². The highest BCUT2D eigenvalue weighted by Gasteiger charge is 2.09. The quantitative estimate of drug-likeness (QED) is 0.790. The molecule has 0 radical (unpaired) electrons. The molecule has 98 valence electrons. The molecule has 0 saturated carbocycles. The van der Waals surface area contributed by atoms with Gasteiger partial charge in [0.1, 0.15) is 24.8 Å². The summed E-state index contributed by atoms with van der Waals surface area (Å²) in [5.41, 5.74) is 0.280. The van der Waals surface area contributed by atoms with E-state index >= 15 is 0 Å². The van der Waals surface area contributed by atoms with Crippen LogP contribution in [-0.2, 0) is 14.3 Å². The van der Waals surface area contributed by atoms with Crippen molar-refractivity contribution in [3.8, 4) is 5.75 Å². The van der Waals surface area contributed by atoms with E-state index in [9.17, 15) is 14.0 Å². The number of benzene rings is 1. The third-order valence-corrected chi connectivity index (χ3v) is 1.90. The van der Waals surface area contributed by atoms with Gasteiger partial charge in [-0.1, -0.05) is 0 Å². The zero-order valence-electron chi connectivity index (χ0n) is 9.60. The molecule has 0 bridgehead atoms. The van der Waals surface area contributed by atoms with E-state index in [0.29, 0.717) is 0 Å². The maximum absolute atomic E-state index is 12.9. The van der Waals surface area contributed by atoms with Gasteiger partial charge in [0.15, 0.2) is 0 Å². The fourth-order valence-corrected chi connectivity index (χ4v) is 1.19. The fraction of sp³-hybridized carbons (Fsp3) is 0.273. The molecule has 0 saturated heterocycles. The van der Waals surface area contributed by atoms with Gasteiger partial charge in [-0.15, -0.1) is 0 Å². The molecule has 0 heterocycles. The lowest BCUT2D eigenvalue weighted by molar-refractivity contribution is -0.143. The van der Waals surface area contributed by atoms with Gasteiger partial charge in [-0.25, -0.2) is 9.18 Å². The molecule has 0 aromatic heterocycles. The summed E-state index contributed by atoms with van der Waals surface area (Å²) >= 11 is 0. The third-order valence-electron chi connectivity index (χ3n) is 1.90. The van der Waals surface area contributed by atoms with E-state index in [-0.39, 0.29) is 11.4 Å². The predicted molar refractivity (Wildman–Crippen MR) is 60.0 cm³/mol. The number of methoxy groups -OCH3 is 1. The Morgan fingerprint density at radius 2 is 2.11 bits per heavy atom. The molecule has 6 nitrogen and oxygen atoms in total. The van der Waals surface area contributed by atoms with E-state index < -0.39 is 30.9 Å². The molecule has 7 heteroatoms. The minimum absolute atomic E-state index is 0.168. The summed E-state index contributed by atoms with van der Waals surface area (Å²) in [5, 5.41) is 10.7. The van der Waals surface area contributed by atoms with Crippen LogP contribution in [0.4, 0.5) is 10.1 Å². The largest absolute Gasteiger partial charge is 0.494 e. The Balaban J connectivity index is 2.56. The minimum atomic E-state index is -1.16. The highest BCUT2D eigenvalue weighted by Crippen LogP contribution is 2.24. The van der Waals surface area contributed by atoms with Crippen LogP contribution in [0.15, 0.2) is 18.2 Å². The molecule has 0 unspecified atom stereocenters. The van der Waals surface area contributed by atoms with Gasteiger partial charge in [0.05, 0.1) is 12.8 Å². The molecule has 18 heavy (non-hydrogen) atoms. The van der Waals surface area contributed by atoms with Crippen LogP contribution in [0.1, 0.15) is 0 Å². The Hall–Kier alpha value is -2.15. The van der Waals surface area contributed by atoms with E-state index in [2.05, 4.69) is 10.1 Å². The number of nitrogens with one attached hydrogen (secondary N) is 1. The summed E-state index contributed by atoms with van der Waals surface area (Å²) in [7, 11) is 1.34. The van der Waals surface area contributed by atoms with Gasteiger partial charge in [-0.05, 0) is 12.1 Å². The second-order valence-corrected chi connectivity index (χ2v) is 3.28. The molecule has 0 aliphatic rings. The fourth-order valence-electron chi connectivity index (χ4n) is 1.19. The summed E-state index contributed by atoms with van der Waals surface area (Å²) in [6.45, 7) is -0.971. The number of hydrogen-bond donors (Lipinski definition) is 2. The molecule has 1 aromatic rings. The SMILES string of the molecule is COc1cc(F)ccc1NC(=O)COCC(=O)O. The van der Waals surface area contributed by atoms with Crippen molar-refractivity contribution in [1.82, 2.24) is 0 Å². The van der Waals surface area contributed by atoms with Crippen LogP contribution in [0.3, 0.4) is 0 Å². The van der Waals surface area contributed by atoms with E-state index in [4.69, 9.17) is 9.84 Å². The zero-order chi connectivity index (χ0) is 13.5. The number of carboxylic acid groups (broad SMARTS) is 1. The molecular formula is C11H12FNO5. The molecule has 0 aliphatic heterocycles. The molecule has 1 rings (SSSR count). The van der Waals surface area contributed by atoms with Crippen molar-refractivity contribution in [2.45, 2.75) is 0 Å². The van der Waals surface area contributed by atoms with Crippen molar-refractivity contribution >= 4 is 17.6 Å². The number of aliphatic carboxylic acids is 1. The Morgan fingerprint density at radius 1 is 1.39 bits per heavy atom. The Kier molecular flexibility index (Phi) is 5.06. The highest BCUT2D eigenvalue weighted by atomic mass is 19.1. The lowest BCUT2D eigenvalue weighted by Gasteiger charge is -2.09. The van der Waals surface area contributed by atoms with Crippen molar-refractivity contribution in [3.63, 3.8) is 0 Å². The van der Waals surface area contributed by atoms with Gasteiger partial charge < -0.3 is 19.9 Å². The Morgan fingerprint density at radius 3 is 2.72 bits per heavy atom. The summed E-state index contributed by atoms with van der Waals surface area (Å²) in [6.07, 6.45) is 0.